The van der Waals surface area contributed by atoms with Gasteiger partial charge in [-0.3, -0.25) is 4.79 Å². The average molecular weight is 686 g/mol. The van der Waals surface area contributed by atoms with Crippen LogP contribution in [0.1, 0.15) is 110 Å². The van der Waals surface area contributed by atoms with Crippen molar-refractivity contribution in [2.24, 2.45) is 17.6 Å². The van der Waals surface area contributed by atoms with E-state index in [1.54, 1.807) is 0 Å². The molecule has 10 bridgehead atoms. The minimum absolute atomic E-state index is 0.0178. The topological polar surface area (TPSA) is 128 Å². The Labute approximate surface area is 291 Å². The third-order valence-corrected chi connectivity index (χ3v) is 13.2. The van der Waals surface area contributed by atoms with Crippen molar-refractivity contribution in [3.63, 3.8) is 0 Å². The molecule has 3 N–H and O–H groups in total. The molecule has 8 aliphatic heterocycles. The fourth-order valence-electron chi connectivity index (χ4n) is 10.5. The summed E-state index contributed by atoms with van der Waals surface area (Å²) in [4.78, 5) is 13.8. The molecule has 10 nitrogen and oxygen atoms in total. The van der Waals surface area contributed by atoms with Crippen LogP contribution in [0.5, 0.6) is 0 Å². The number of hydrogen-bond acceptors (Lipinski definition) is 10. The van der Waals surface area contributed by atoms with Gasteiger partial charge in [0.05, 0.1) is 73.2 Å². The van der Waals surface area contributed by atoms with E-state index < -0.39 is 11.9 Å². The number of ketones is 1. The molecule has 0 amide bonds. The maximum atomic E-state index is 13.8. The second-order valence-electron chi connectivity index (χ2n) is 16.8. The van der Waals surface area contributed by atoms with Crippen LogP contribution in [0.25, 0.3) is 0 Å². The summed E-state index contributed by atoms with van der Waals surface area (Å²) < 4.78 is 47.1. The SMILES string of the molecule is C=C1CC2CC[C@]34CCC(O3)C3CC(O4)C4OC(CCC4O3)CC(=O)CC3C[C@@H](CC(O)CN)OC3CC3O[C@@H](CCC1O2)C[C@@H](C)C3=C. The Morgan fingerprint density at radius 3 is 2.39 bits per heavy atom. The molecule has 8 saturated heterocycles. The first-order valence-electron chi connectivity index (χ1n) is 19.5. The monoisotopic (exact) mass is 685 g/mol. The highest BCUT2D eigenvalue weighted by atomic mass is 16.7. The van der Waals surface area contributed by atoms with Crippen molar-refractivity contribution in [1.82, 2.24) is 0 Å². The Morgan fingerprint density at radius 1 is 0.755 bits per heavy atom. The number of aliphatic hydroxyl groups is 1. The van der Waals surface area contributed by atoms with E-state index in [9.17, 15) is 9.90 Å². The molecular formula is C39H59NO9. The van der Waals surface area contributed by atoms with Gasteiger partial charge in [0.15, 0.2) is 5.79 Å². The fourth-order valence-corrected chi connectivity index (χ4v) is 10.5. The quantitative estimate of drug-likeness (QED) is 0.399. The second-order valence-corrected chi connectivity index (χ2v) is 16.8. The Bertz CT molecular complexity index is 1240. The van der Waals surface area contributed by atoms with Gasteiger partial charge < -0.3 is 44.0 Å². The summed E-state index contributed by atoms with van der Waals surface area (Å²) in [7, 11) is 0. The molecule has 0 aromatic carbocycles. The van der Waals surface area contributed by atoms with Gasteiger partial charge in [0.2, 0.25) is 0 Å². The number of ether oxygens (including phenoxy) is 7. The maximum Gasteiger partial charge on any atom is 0.169 e. The Morgan fingerprint density at radius 2 is 1.53 bits per heavy atom. The zero-order valence-electron chi connectivity index (χ0n) is 29.4. The fraction of sp³-hybridized carbons (Fsp3) is 0.872. The lowest BCUT2D eigenvalue weighted by atomic mass is 9.82. The van der Waals surface area contributed by atoms with E-state index >= 15 is 0 Å². The van der Waals surface area contributed by atoms with Crippen molar-refractivity contribution in [1.29, 1.82) is 0 Å². The highest BCUT2D eigenvalue weighted by Crippen LogP contribution is 2.49. The molecule has 0 saturated carbocycles. The van der Waals surface area contributed by atoms with E-state index in [-0.39, 0.29) is 91.5 Å². The number of aliphatic hydroxyl groups excluding tert-OH is 1. The van der Waals surface area contributed by atoms with Crippen LogP contribution < -0.4 is 5.73 Å². The van der Waals surface area contributed by atoms with Gasteiger partial charge >= 0.3 is 0 Å². The third-order valence-electron chi connectivity index (χ3n) is 13.2. The molecule has 12 unspecified atom stereocenters. The number of hydrogen-bond donors (Lipinski definition) is 2. The maximum absolute atomic E-state index is 13.8. The number of fused-ring (bicyclic) bond motifs is 9. The lowest BCUT2D eigenvalue weighted by Crippen LogP contribution is -2.56. The van der Waals surface area contributed by atoms with Crippen LogP contribution in [0.4, 0.5) is 0 Å². The molecule has 8 rings (SSSR count). The van der Waals surface area contributed by atoms with Gasteiger partial charge in [-0.25, -0.2) is 0 Å². The summed E-state index contributed by atoms with van der Waals surface area (Å²) in [5.41, 5.74) is 8.04. The third kappa shape index (κ3) is 7.38. The number of rotatable bonds is 3. The van der Waals surface area contributed by atoms with Gasteiger partial charge in [0.1, 0.15) is 11.9 Å². The summed E-state index contributed by atoms with van der Waals surface area (Å²) in [6, 6.07) is 0. The van der Waals surface area contributed by atoms with Crippen LogP contribution in [0.2, 0.25) is 0 Å². The molecular weight excluding hydrogens is 626 g/mol. The standard InChI is InChI=1S/C39H59NO9/c1-21-12-27-4-6-31-22(2)13-29(43-31)8-10-39-11-9-32(48-39)36-19-37(49-39)38-33(47-36)7-5-28(46-38)16-25(41)14-24-15-30(17-26(42)20-40)45-35(24)18-34(44-27)23(21)3/h21,24,26-38,42H,2-20,40H2,1H3/t21-,24?,26?,27+,28?,29?,30+,31?,32?,33?,34?,35?,36?,37?,38?,39+/m1/s1. The largest absolute Gasteiger partial charge is 0.392 e. The van der Waals surface area contributed by atoms with Crippen LogP contribution in [0.15, 0.2) is 24.3 Å². The number of carbonyl (C=O) groups excluding carboxylic acids is 1. The van der Waals surface area contributed by atoms with E-state index in [1.165, 1.54) is 5.57 Å². The first kappa shape index (κ1) is 34.9. The first-order chi connectivity index (χ1) is 23.6. The zero-order chi connectivity index (χ0) is 33.9. The minimum atomic E-state index is -0.650. The lowest BCUT2D eigenvalue weighted by Gasteiger charge is -2.47. The van der Waals surface area contributed by atoms with E-state index in [4.69, 9.17) is 38.9 Å². The van der Waals surface area contributed by atoms with E-state index in [0.29, 0.717) is 31.6 Å². The predicted molar refractivity (Wildman–Crippen MR) is 181 cm³/mol. The van der Waals surface area contributed by atoms with Crippen molar-refractivity contribution >= 4 is 5.78 Å². The van der Waals surface area contributed by atoms with Gasteiger partial charge in [0, 0.05) is 51.5 Å². The highest BCUT2D eigenvalue weighted by molar-refractivity contribution is 5.79. The molecule has 8 heterocycles. The van der Waals surface area contributed by atoms with Gasteiger partial charge in [0.25, 0.3) is 0 Å². The first-order valence-corrected chi connectivity index (χ1v) is 19.5. The molecule has 0 radical (unpaired) electrons. The Kier molecular flexibility index (Phi) is 10.2. The summed E-state index contributed by atoms with van der Waals surface area (Å²) in [5.74, 6) is -0.0869. The minimum Gasteiger partial charge on any atom is -0.392 e. The van der Waals surface area contributed by atoms with Gasteiger partial charge in [-0.1, -0.05) is 20.1 Å². The Balaban J connectivity index is 1.03. The molecule has 16 atom stereocenters. The smallest absolute Gasteiger partial charge is 0.169 e. The molecule has 8 aliphatic rings. The molecule has 0 aromatic heterocycles. The number of carbonyl (C=O) groups is 1. The summed E-state index contributed by atoms with van der Waals surface area (Å²) in [6.45, 7) is 11.3. The van der Waals surface area contributed by atoms with Crippen LogP contribution >= 0.6 is 0 Å². The van der Waals surface area contributed by atoms with E-state index in [0.717, 1.165) is 82.6 Å². The normalized spacial score (nSPS) is 49.7. The number of nitrogens with two attached hydrogens (primary N) is 1. The molecule has 10 heteroatoms. The zero-order valence-corrected chi connectivity index (χ0v) is 29.4. The lowest BCUT2D eigenvalue weighted by molar-refractivity contribution is -0.276. The van der Waals surface area contributed by atoms with E-state index in [1.807, 2.05) is 0 Å². The summed E-state index contributed by atoms with van der Waals surface area (Å²) in [6.07, 6.45) is 10.7. The van der Waals surface area contributed by atoms with E-state index in [2.05, 4.69) is 20.1 Å². The average Bonchev–Trinajstić information content (AvgIpc) is 3.75. The molecule has 0 aromatic rings. The Hall–Kier alpha value is -1.21. The predicted octanol–water partition coefficient (Wildman–Crippen LogP) is 4.83. The molecule has 274 valence electrons. The van der Waals surface area contributed by atoms with Crippen LogP contribution in [-0.2, 0) is 38.0 Å². The van der Waals surface area contributed by atoms with Crippen molar-refractivity contribution in [3.8, 4) is 0 Å². The molecule has 49 heavy (non-hydrogen) atoms. The van der Waals surface area contributed by atoms with Crippen LogP contribution in [0.3, 0.4) is 0 Å². The second kappa shape index (κ2) is 14.3. The van der Waals surface area contributed by atoms with Crippen molar-refractivity contribution < 1.29 is 43.1 Å². The van der Waals surface area contributed by atoms with Crippen LogP contribution in [-0.4, -0.2) is 103 Å². The van der Waals surface area contributed by atoms with Crippen molar-refractivity contribution in [2.45, 2.75) is 195 Å². The van der Waals surface area contributed by atoms with Crippen molar-refractivity contribution in [3.05, 3.63) is 24.3 Å². The summed E-state index contributed by atoms with van der Waals surface area (Å²) >= 11 is 0. The van der Waals surface area contributed by atoms with Gasteiger partial charge in [-0.2, -0.15) is 0 Å². The van der Waals surface area contributed by atoms with Gasteiger partial charge in [-0.05, 0) is 80.8 Å². The molecule has 0 aliphatic carbocycles. The van der Waals surface area contributed by atoms with Crippen LogP contribution in [0, 0.1) is 11.8 Å². The number of Topliss-reactive ketones (excluding diaryl/α,β-unsaturated/α-hetero) is 1. The highest BCUT2D eigenvalue weighted by Gasteiger charge is 2.56. The van der Waals surface area contributed by atoms with Gasteiger partial charge in [-0.15, -0.1) is 0 Å². The molecule has 8 fully saturated rings. The molecule has 1 spiro atoms. The summed E-state index contributed by atoms with van der Waals surface area (Å²) in [5, 5.41) is 10.4. The van der Waals surface area contributed by atoms with Crippen molar-refractivity contribution in [2.75, 3.05) is 6.54 Å².